The standard InChI is InChI=1S/C45H92N2O.2CH2O2/c1-6-10-13-16-20-27-34-44(33-9-4)35-28-21-17-23-30-40-47(42-32-39-46-43(5)48)41-31-24-18-22-29-38-45(36-25-15-12-8-3)37-26-19-14-11-7-2;2*2-1-3/h44-45H,6-42H2,1-5H3,(H,46,48);2*1H,(H,2,3). The van der Waals surface area contributed by atoms with Gasteiger partial charge in [0.25, 0.3) is 12.9 Å². The normalized spacial score (nSPS) is 12.0. The number of unbranched alkanes of at least 4 members (excludes halogenated alkanes) is 20. The lowest BCUT2D eigenvalue weighted by Gasteiger charge is -2.22. The molecular weight excluding hydrogens is 673 g/mol. The molecule has 0 saturated heterocycles. The number of rotatable bonds is 40. The van der Waals surface area contributed by atoms with E-state index in [0.29, 0.717) is 0 Å². The highest BCUT2D eigenvalue weighted by molar-refractivity contribution is 5.72. The van der Waals surface area contributed by atoms with Gasteiger partial charge in [-0.1, -0.05) is 220 Å². The molecule has 0 saturated carbocycles. The summed E-state index contributed by atoms with van der Waals surface area (Å²) in [5.41, 5.74) is 0. The van der Waals surface area contributed by atoms with E-state index >= 15 is 0 Å². The molecule has 2 unspecified atom stereocenters. The molecule has 0 heterocycles. The molecule has 7 heteroatoms. The van der Waals surface area contributed by atoms with Gasteiger partial charge in [-0.15, -0.1) is 0 Å². The van der Waals surface area contributed by atoms with Gasteiger partial charge in [0, 0.05) is 13.5 Å². The summed E-state index contributed by atoms with van der Waals surface area (Å²) in [6.07, 6.45) is 46.8. The molecule has 0 aliphatic rings. The molecule has 0 aliphatic carbocycles. The number of hydrogen-bond donors (Lipinski definition) is 3. The molecular formula is C47H96N2O5. The van der Waals surface area contributed by atoms with E-state index in [-0.39, 0.29) is 18.9 Å². The Morgan fingerprint density at radius 1 is 0.444 bits per heavy atom. The first-order valence-corrected chi connectivity index (χ1v) is 23.5. The van der Waals surface area contributed by atoms with Crippen LogP contribution in [0.1, 0.15) is 247 Å². The van der Waals surface area contributed by atoms with Crippen molar-refractivity contribution in [1.29, 1.82) is 0 Å². The number of amides is 1. The molecule has 1 amide bonds. The van der Waals surface area contributed by atoms with Crippen LogP contribution >= 0.6 is 0 Å². The zero-order chi connectivity index (χ0) is 40.6. The molecule has 0 spiro atoms. The summed E-state index contributed by atoms with van der Waals surface area (Å²) in [6.45, 7) is 14.9. The molecule has 2 atom stereocenters. The quantitative estimate of drug-likeness (QED) is 0.0423. The predicted octanol–water partition coefficient (Wildman–Crippen LogP) is 14.0. The smallest absolute Gasteiger partial charge is 0.290 e. The molecule has 0 rings (SSSR count). The van der Waals surface area contributed by atoms with Crippen molar-refractivity contribution in [1.82, 2.24) is 10.2 Å². The zero-order valence-corrected chi connectivity index (χ0v) is 37.0. The van der Waals surface area contributed by atoms with Gasteiger partial charge in [0.2, 0.25) is 5.91 Å². The van der Waals surface area contributed by atoms with E-state index in [4.69, 9.17) is 19.8 Å². The van der Waals surface area contributed by atoms with Gasteiger partial charge in [0.05, 0.1) is 0 Å². The van der Waals surface area contributed by atoms with Crippen molar-refractivity contribution in [2.24, 2.45) is 11.8 Å². The van der Waals surface area contributed by atoms with Crippen LogP contribution in [0.25, 0.3) is 0 Å². The number of carbonyl (C=O) groups is 3. The van der Waals surface area contributed by atoms with Crippen molar-refractivity contribution in [3.8, 4) is 0 Å². The SMILES string of the molecule is CCCCCCCCC(CCC)CCCCCCCN(CCCCCCCC(CCCCCC)CCCCCCC)CCCNC(C)=O.O=CO.O=CO. The Labute approximate surface area is 337 Å². The summed E-state index contributed by atoms with van der Waals surface area (Å²) in [5, 5.41) is 16.8. The Morgan fingerprint density at radius 3 is 1.06 bits per heavy atom. The minimum absolute atomic E-state index is 0.106. The summed E-state index contributed by atoms with van der Waals surface area (Å²) < 4.78 is 0. The Hall–Kier alpha value is -1.63. The second-order valence-electron chi connectivity index (χ2n) is 16.1. The maximum atomic E-state index is 11.3. The second kappa shape index (κ2) is 51.4. The molecule has 324 valence electrons. The van der Waals surface area contributed by atoms with Gasteiger partial charge < -0.3 is 20.4 Å². The number of carbonyl (C=O) groups excluding carboxylic acids is 1. The Balaban J connectivity index is -0.00000403. The second-order valence-corrected chi connectivity index (χ2v) is 16.1. The first-order valence-electron chi connectivity index (χ1n) is 23.5. The molecule has 54 heavy (non-hydrogen) atoms. The fourth-order valence-electron chi connectivity index (χ4n) is 7.88. The number of nitrogens with zero attached hydrogens (tertiary/aromatic N) is 1. The van der Waals surface area contributed by atoms with Crippen LogP contribution in [0.2, 0.25) is 0 Å². The lowest BCUT2D eigenvalue weighted by atomic mass is 9.89. The van der Waals surface area contributed by atoms with Crippen LogP contribution in [-0.4, -0.2) is 60.1 Å². The molecule has 3 N–H and O–H groups in total. The first-order chi connectivity index (χ1) is 26.4. The van der Waals surface area contributed by atoms with Crippen molar-refractivity contribution >= 4 is 18.9 Å². The first kappa shape index (κ1) is 56.7. The van der Waals surface area contributed by atoms with Gasteiger partial charge in [-0.25, -0.2) is 0 Å². The maximum Gasteiger partial charge on any atom is 0.290 e. The number of carboxylic acid groups (broad SMARTS) is 2. The number of nitrogens with one attached hydrogen (secondary N) is 1. The summed E-state index contributed by atoms with van der Waals surface area (Å²) in [7, 11) is 0. The van der Waals surface area contributed by atoms with E-state index in [1.165, 1.54) is 219 Å². The van der Waals surface area contributed by atoms with Crippen LogP contribution in [0, 0.1) is 11.8 Å². The van der Waals surface area contributed by atoms with E-state index in [0.717, 1.165) is 31.3 Å². The van der Waals surface area contributed by atoms with Crippen LogP contribution in [0.15, 0.2) is 0 Å². The minimum Gasteiger partial charge on any atom is -0.483 e. The van der Waals surface area contributed by atoms with E-state index in [1.807, 2.05) is 0 Å². The molecule has 0 aromatic rings. The van der Waals surface area contributed by atoms with Crippen molar-refractivity contribution in [2.45, 2.75) is 247 Å². The molecule has 0 aliphatic heterocycles. The topological polar surface area (TPSA) is 107 Å². The van der Waals surface area contributed by atoms with Crippen molar-refractivity contribution < 1.29 is 24.6 Å². The predicted molar refractivity (Wildman–Crippen MR) is 235 cm³/mol. The fourth-order valence-corrected chi connectivity index (χ4v) is 7.88. The Morgan fingerprint density at radius 2 is 0.722 bits per heavy atom. The van der Waals surface area contributed by atoms with E-state index < -0.39 is 0 Å². The molecule has 0 radical (unpaired) electrons. The van der Waals surface area contributed by atoms with Gasteiger partial charge >= 0.3 is 0 Å². The lowest BCUT2D eigenvalue weighted by Crippen LogP contribution is -2.30. The van der Waals surface area contributed by atoms with Crippen LogP contribution in [0.5, 0.6) is 0 Å². The van der Waals surface area contributed by atoms with Crippen LogP contribution < -0.4 is 5.32 Å². The van der Waals surface area contributed by atoms with E-state index in [2.05, 4.69) is 37.9 Å². The summed E-state index contributed by atoms with van der Waals surface area (Å²) in [4.78, 5) is 30.8. The third kappa shape index (κ3) is 50.4. The van der Waals surface area contributed by atoms with Gasteiger partial charge in [-0.3, -0.25) is 14.4 Å². The zero-order valence-electron chi connectivity index (χ0n) is 37.0. The van der Waals surface area contributed by atoms with Crippen LogP contribution in [-0.2, 0) is 14.4 Å². The van der Waals surface area contributed by atoms with Crippen molar-refractivity contribution in [3.63, 3.8) is 0 Å². The fraction of sp³-hybridized carbons (Fsp3) is 0.936. The Kier molecular flexibility index (Phi) is 53.9. The van der Waals surface area contributed by atoms with Crippen LogP contribution in [0.3, 0.4) is 0 Å². The third-order valence-electron chi connectivity index (χ3n) is 11.0. The molecule has 0 aromatic carbocycles. The van der Waals surface area contributed by atoms with Crippen LogP contribution in [0.4, 0.5) is 0 Å². The molecule has 0 fully saturated rings. The average molecular weight is 769 g/mol. The summed E-state index contributed by atoms with van der Waals surface area (Å²) in [5.74, 6) is 2.08. The van der Waals surface area contributed by atoms with E-state index in [9.17, 15) is 4.79 Å². The average Bonchev–Trinajstić information content (AvgIpc) is 3.15. The van der Waals surface area contributed by atoms with E-state index in [1.54, 1.807) is 6.92 Å². The van der Waals surface area contributed by atoms with Gasteiger partial charge in [-0.05, 0) is 50.7 Å². The number of hydrogen-bond acceptors (Lipinski definition) is 4. The van der Waals surface area contributed by atoms with Crippen molar-refractivity contribution in [2.75, 3.05) is 26.2 Å². The Bertz CT molecular complexity index is 716. The van der Waals surface area contributed by atoms with Gasteiger partial charge in [-0.2, -0.15) is 0 Å². The molecule has 0 bridgehead atoms. The summed E-state index contributed by atoms with van der Waals surface area (Å²) in [6, 6.07) is 0. The maximum absolute atomic E-state index is 11.3. The molecule has 7 nitrogen and oxygen atoms in total. The summed E-state index contributed by atoms with van der Waals surface area (Å²) >= 11 is 0. The third-order valence-corrected chi connectivity index (χ3v) is 11.0. The molecule has 0 aromatic heterocycles. The van der Waals surface area contributed by atoms with Gasteiger partial charge in [0.1, 0.15) is 0 Å². The minimum atomic E-state index is -0.250. The lowest BCUT2D eigenvalue weighted by molar-refractivity contribution is -0.123. The highest BCUT2D eigenvalue weighted by atomic mass is 16.3. The van der Waals surface area contributed by atoms with Gasteiger partial charge in [0.15, 0.2) is 0 Å². The highest BCUT2D eigenvalue weighted by Gasteiger charge is 2.10. The monoisotopic (exact) mass is 769 g/mol. The van der Waals surface area contributed by atoms with Crippen molar-refractivity contribution in [3.05, 3.63) is 0 Å². The highest BCUT2D eigenvalue weighted by Crippen LogP contribution is 2.25. The largest absolute Gasteiger partial charge is 0.483 e.